The molecule has 2 rings (SSSR count). The Labute approximate surface area is 133 Å². The smallest absolute Gasteiger partial charge is 0.101 e. The molecule has 1 heterocycles. The van der Waals surface area contributed by atoms with Crippen molar-refractivity contribution >= 4 is 54.1 Å². The summed E-state index contributed by atoms with van der Waals surface area (Å²) in [6.45, 7) is 0. The molecule has 94 valence electrons. The Balaban J connectivity index is 2.59. The van der Waals surface area contributed by atoms with E-state index in [9.17, 15) is 5.26 Å². The number of hydrogen-bond acceptors (Lipinski definition) is 2. The van der Waals surface area contributed by atoms with Crippen LogP contribution < -0.4 is 0 Å². The lowest BCUT2D eigenvalue weighted by atomic mass is 10.1. The van der Waals surface area contributed by atoms with Crippen molar-refractivity contribution in [2.45, 2.75) is 0 Å². The van der Waals surface area contributed by atoms with Crippen LogP contribution in [0.5, 0.6) is 0 Å². The third-order valence-corrected chi connectivity index (χ3v) is 3.74. The van der Waals surface area contributed by atoms with Crippen molar-refractivity contribution in [1.29, 1.82) is 5.26 Å². The molecule has 0 N–H and O–H groups in total. The molecule has 0 aliphatic heterocycles. The molecule has 5 heteroatoms. The maximum Gasteiger partial charge on any atom is 0.101 e. The van der Waals surface area contributed by atoms with E-state index in [1.807, 2.05) is 18.2 Å². The van der Waals surface area contributed by atoms with Gasteiger partial charge in [0.2, 0.25) is 0 Å². The lowest BCUT2D eigenvalue weighted by molar-refractivity contribution is 1.32. The number of aromatic nitrogens is 1. The summed E-state index contributed by atoms with van der Waals surface area (Å²) >= 11 is 13.2. The fraction of sp³-hybridized carbons (Fsp3) is 0. The van der Waals surface area contributed by atoms with E-state index in [0.717, 1.165) is 20.1 Å². The van der Waals surface area contributed by atoms with E-state index in [4.69, 9.17) is 11.6 Å². The highest BCUT2D eigenvalue weighted by molar-refractivity contribution is 9.11. The van der Waals surface area contributed by atoms with Crippen molar-refractivity contribution in [2.24, 2.45) is 0 Å². The molecule has 2 nitrogen and oxygen atoms in total. The number of nitriles is 1. The molecule has 0 spiro atoms. The van der Waals surface area contributed by atoms with Gasteiger partial charge in [-0.3, -0.25) is 4.98 Å². The largest absolute Gasteiger partial charge is 0.265 e. The fourth-order valence-corrected chi connectivity index (χ4v) is 3.14. The molecule has 0 saturated heterocycles. The van der Waals surface area contributed by atoms with Crippen LogP contribution in [-0.4, -0.2) is 4.98 Å². The molecule has 0 saturated carbocycles. The molecule has 0 fully saturated rings. The minimum atomic E-state index is 0.413. The molecule has 1 aromatic heterocycles. The summed E-state index contributed by atoms with van der Waals surface area (Å²) in [5.41, 5.74) is 1.95. The number of allylic oxidation sites excluding steroid dienone is 1. The molecule has 0 aliphatic rings. The second-order valence-electron chi connectivity index (χ2n) is 3.69. The van der Waals surface area contributed by atoms with E-state index in [-0.39, 0.29) is 0 Å². The van der Waals surface area contributed by atoms with Crippen LogP contribution in [-0.2, 0) is 0 Å². The Morgan fingerprint density at radius 3 is 2.16 bits per heavy atom. The summed E-state index contributed by atoms with van der Waals surface area (Å²) in [5.74, 6) is 0. The molecule has 19 heavy (non-hydrogen) atoms. The third-order valence-electron chi connectivity index (χ3n) is 2.42. The van der Waals surface area contributed by atoms with Crippen LogP contribution in [0.25, 0.3) is 10.6 Å². The quantitative estimate of drug-likeness (QED) is 0.649. The molecular weight excluding hydrogens is 391 g/mol. The van der Waals surface area contributed by atoms with Gasteiger partial charge in [0.25, 0.3) is 0 Å². The highest BCUT2D eigenvalue weighted by Crippen LogP contribution is 2.32. The summed E-state index contributed by atoms with van der Waals surface area (Å²) in [7, 11) is 0. The first-order valence-electron chi connectivity index (χ1n) is 5.28. The first-order valence-corrected chi connectivity index (χ1v) is 7.25. The molecule has 0 radical (unpaired) electrons. The molecule has 0 atom stereocenters. The van der Waals surface area contributed by atoms with E-state index < -0.39 is 0 Å². The maximum atomic E-state index is 9.31. The van der Waals surface area contributed by atoms with Gasteiger partial charge in [-0.2, -0.15) is 5.26 Å². The normalized spacial score (nSPS) is 11.7. The van der Waals surface area contributed by atoms with Crippen LogP contribution in [0.2, 0.25) is 0 Å². The number of pyridine rings is 1. The second-order valence-corrected chi connectivity index (χ2v) is 5.90. The molecule has 1 aromatic carbocycles. The highest BCUT2D eigenvalue weighted by Gasteiger charge is 2.10. The van der Waals surface area contributed by atoms with Crippen LogP contribution in [0.15, 0.2) is 51.7 Å². The van der Waals surface area contributed by atoms with Crippen LogP contribution in [0.3, 0.4) is 0 Å². The zero-order valence-corrected chi connectivity index (χ0v) is 13.5. The van der Waals surface area contributed by atoms with Gasteiger partial charge in [-0.15, -0.1) is 0 Å². The van der Waals surface area contributed by atoms with Crippen molar-refractivity contribution in [3.05, 3.63) is 62.8 Å². The van der Waals surface area contributed by atoms with Gasteiger partial charge in [-0.1, -0.05) is 43.5 Å². The van der Waals surface area contributed by atoms with Crippen molar-refractivity contribution in [2.75, 3.05) is 0 Å². The average molecular weight is 398 g/mol. The van der Waals surface area contributed by atoms with Gasteiger partial charge in [-0.25, -0.2) is 0 Å². The molecule has 2 aromatic rings. The fourth-order valence-electron chi connectivity index (χ4n) is 1.58. The summed E-state index contributed by atoms with van der Waals surface area (Å²) < 4.78 is 1.78. The van der Waals surface area contributed by atoms with Gasteiger partial charge in [0.05, 0.1) is 10.6 Å². The first-order chi connectivity index (χ1) is 9.11. The van der Waals surface area contributed by atoms with Gasteiger partial charge in [-0.05, 0) is 41.5 Å². The summed E-state index contributed by atoms with van der Waals surface area (Å²) in [5, 5.41) is 9.73. The van der Waals surface area contributed by atoms with Crippen molar-refractivity contribution < 1.29 is 0 Å². The number of benzene rings is 1. The molecule has 0 unspecified atom stereocenters. The Hall–Kier alpha value is -1.15. The Morgan fingerprint density at radius 1 is 1.05 bits per heavy atom. The van der Waals surface area contributed by atoms with Crippen LogP contribution >= 0.6 is 43.5 Å². The number of hydrogen-bond donors (Lipinski definition) is 0. The Morgan fingerprint density at radius 2 is 1.63 bits per heavy atom. The van der Waals surface area contributed by atoms with Crippen molar-refractivity contribution in [3.63, 3.8) is 0 Å². The van der Waals surface area contributed by atoms with Gasteiger partial charge in [0, 0.05) is 21.3 Å². The predicted molar refractivity (Wildman–Crippen MR) is 84.4 cm³/mol. The third kappa shape index (κ3) is 3.44. The lowest BCUT2D eigenvalue weighted by Gasteiger charge is -2.06. The van der Waals surface area contributed by atoms with E-state index in [0.29, 0.717) is 10.6 Å². The number of rotatable bonds is 2. The van der Waals surface area contributed by atoms with E-state index in [2.05, 4.69) is 42.9 Å². The summed E-state index contributed by atoms with van der Waals surface area (Å²) in [6.07, 6.45) is 3.27. The van der Waals surface area contributed by atoms with Crippen LogP contribution in [0, 0.1) is 11.3 Å². The number of nitrogens with zero attached hydrogens (tertiary/aromatic N) is 2. The van der Waals surface area contributed by atoms with E-state index in [1.54, 1.807) is 24.5 Å². The minimum Gasteiger partial charge on any atom is -0.265 e. The molecule has 0 aliphatic carbocycles. The van der Waals surface area contributed by atoms with E-state index >= 15 is 0 Å². The van der Waals surface area contributed by atoms with Gasteiger partial charge < -0.3 is 0 Å². The Kier molecular flexibility index (Phi) is 4.76. The maximum absolute atomic E-state index is 9.31. The monoisotopic (exact) mass is 396 g/mol. The lowest BCUT2D eigenvalue weighted by Crippen LogP contribution is -1.87. The minimum absolute atomic E-state index is 0.413. The second kappa shape index (κ2) is 6.33. The molecular formula is C14H7Br2ClN2. The zero-order chi connectivity index (χ0) is 13.8. The van der Waals surface area contributed by atoms with Gasteiger partial charge in [0.15, 0.2) is 0 Å². The van der Waals surface area contributed by atoms with Gasteiger partial charge in [0.1, 0.15) is 6.07 Å². The van der Waals surface area contributed by atoms with Crippen LogP contribution in [0.1, 0.15) is 11.1 Å². The predicted octanol–water partition coefficient (Wildman–Crippen LogP) is 5.24. The first kappa shape index (κ1) is 14.3. The highest BCUT2D eigenvalue weighted by atomic mass is 79.9. The SMILES string of the molecule is N#C/C(=C(/Cl)c1cc(Br)cc(Br)c1)c1ccncc1. The summed E-state index contributed by atoms with van der Waals surface area (Å²) in [4.78, 5) is 3.93. The van der Waals surface area contributed by atoms with Gasteiger partial charge >= 0.3 is 0 Å². The average Bonchev–Trinajstić information content (AvgIpc) is 2.39. The Bertz CT molecular complexity index is 655. The topological polar surface area (TPSA) is 36.7 Å². The van der Waals surface area contributed by atoms with Crippen molar-refractivity contribution in [1.82, 2.24) is 4.98 Å². The van der Waals surface area contributed by atoms with Crippen LogP contribution in [0.4, 0.5) is 0 Å². The summed E-state index contributed by atoms with van der Waals surface area (Å²) in [6, 6.07) is 11.3. The standard InChI is InChI=1S/C14H7Br2ClN2/c15-11-5-10(6-12(16)7-11)14(17)13(8-18)9-1-3-19-4-2-9/h1-7H/b14-13-. The molecule has 0 bridgehead atoms. The van der Waals surface area contributed by atoms with E-state index in [1.165, 1.54) is 0 Å². The number of halogens is 3. The zero-order valence-electron chi connectivity index (χ0n) is 9.57. The molecule has 0 amide bonds. The van der Waals surface area contributed by atoms with Crippen molar-refractivity contribution in [3.8, 4) is 6.07 Å².